The second kappa shape index (κ2) is 21.0. The SMILES string of the molecule is COc1cccc2c1C(=O)c1c(O)c3c(c(O)c1C2=O)C[C@](O)(C(C)=O)C[C@H]3OC1CC(NC(=O)[C@@H](CC(C)C)NC(=O)[C@@H](C)NC(=O)[C@@H](CC(C)C)NC(=O)[C@@H](C)N)C(O)C(C)O1.Cl. The summed E-state index contributed by atoms with van der Waals surface area (Å²) in [4.78, 5) is 93.8. The van der Waals surface area contributed by atoms with Crippen LogP contribution in [-0.4, -0.2) is 123 Å². The Hall–Kier alpha value is -5.18. The number of ether oxygens (including phenoxy) is 3. The molecule has 2 aromatic rings. The zero-order chi connectivity index (χ0) is 47.7. The van der Waals surface area contributed by atoms with E-state index in [1.165, 1.54) is 46.1 Å². The number of ketones is 3. The number of aromatic hydroxyl groups is 2. The molecular formula is C45H62ClN5O14. The standard InChI is InChI=1S/C45H61N5O14.ClH/c1-18(2)13-27(49-41(57)20(5)46)43(59)47-21(6)42(58)50-28(14-19(3)4)44(60)48-26-15-31(63-22(7)36(26)52)64-30-17-45(61,23(8)51)16-25-33(30)40(56)35-34(38(25)54)37(53)24-11-10-12-29(62-9)32(24)39(35)55;/h10-12,18-22,26-28,30-31,36,52,54,56,61H,13-17,46H2,1-9H3,(H,47,59)(H,48,60)(H,49,57)(H,50,58);1H/t20-,21-,22?,26?,27-,28-,30-,31?,36?,45-;/m1./s1. The highest BCUT2D eigenvalue weighted by Gasteiger charge is 2.50. The highest BCUT2D eigenvalue weighted by Crippen LogP contribution is 2.52. The first-order valence-corrected chi connectivity index (χ1v) is 21.5. The van der Waals surface area contributed by atoms with E-state index in [1.807, 2.05) is 27.7 Å². The topological polar surface area (TPSA) is 302 Å². The number of aliphatic hydroxyl groups is 2. The molecule has 358 valence electrons. The van der Waals surface area contributed by atoms with Crippen LogP contribution >= 0.6 is 12.4 Å². The highest BCUT2D eigenvalue weighted by atomic mass is 35.5. The van der Waals surface area contributed by atoms with Crippen molar-refractivity contribution in [2.45, 2.75) is 148 Å². The molecule has 1 heterocycles. The van der Waals surface area contributed by atoms with Crippen molar-refractivity contribution in [3.8, 4) is 17.2 Å². The Balaban J connectivity index is 0.00000925. The van der Waals surface area contributed by atoms with Crippen LogP contribution in [0.5, 0.6) is 17.2 Å². The Labute approximate surface area is 383 Å². The van der Waals surface area contributed by atoms with Crippen molar-refractivity contribution in [1.82, 2.24) is 21.3 Å². The lowest BCUT2D eigenvalue weighted by Crippen LogP contribution is -2.60. The zero-order valence-electron chi connectivity index (χ0n) is 38.0. The molecule has 10 atom stereocenters. The molecule has 5 rings (SSSR count). The molecule has 65 heavy (non-hydrogen) atoms. The number of phenolic OH excluding ortho intramolecular Hbond substituents is 2. The Morgan fingerprint density at radius 3 is 2.02 bits per heavy atom. The number of phenols is 2. The Morgan fingerprint density at radius 1 is 0.862 bits per heavy atom. The lowest BCUT2D eigenvalue weighted by molar-refractivity contribution is -0.249. The summed E-state index contributed by atoms with van der Waals surface area (Å²) in [5.41, 5.74) is 1.90. The maximum Gasteiger partial charge on any atom is 0.243 e. The number of aliphatic hydroxyl groups excluding tert-OH is 1. The molecular weight excluding hydrogens is 870 g/mol. The van der Waals surface area contributed by atoms with Crippen LogP contribution in [-0.2, 0) is 39.9 Å². The number of carbonyl (C=O) groups is 7. The number of benzene rings is 2. The van der Waals surface area contributed by atoms with Gasteiger partial charge in [-0.1, -0.05) is 39.8 Å². The summed E-state index contributed by atoms with van der Waals surface area (Å²) in [5.74, 6) is -6.35. The largest absolute Gasteiger partial charge is 0.507 e. The molecule has 4 unspecified atom stereocenters. The number of carbonyl (C=O) groups excluding carboxylic acids is 7. The van der Waals surface area contributed by atoms with Gasteiger partial charge >= 0.3 is 0 Å². The molecule has 0 bridgehead atoms. The highest BCUT2D eigenvalue weighted by molar-refractivity contribution is 6.31. The monoisotopic (exact) mass is 931 g/mol. The number of hydrogen-bond acceptors (Lipinski definition) is 15. The van der Waals surface area contributed by atoms with Gasteiger partial charge in [-0.05, 0) is 58.4 Å². The lowest BCUT2D eigenvalue weighted by atomic mass is 9.72. The van der Waals surface area contributed by atoms with Gasteiger partial charge in [-0.15, -0.1) is 12.4 Å². The van der Waals surface area contributed by atoms with E-state index < -0.39 is 137 Å². The molecule has 4 amide bonds. The van der Waals surface area contributed by atoms with Gasteiger partial charge in [-0.25, -0.2) is 0 Å². The Bertz CT molecular complexity index is 2200. The number of rotatable bonds is 16. The van der Waals surface area contributed by atoms with E-state index in [4.69, 9.17) is 19.9 Å². The van der Waals surface area contributed by atoms with E-state index in [2.05, 4.69) is 21.3 Å². The lowest BCUT2D eigenvalue weighted by Gasteiger charge is -2.43. The van der Waals surface area contributed by atoms with Crippen LogP contribution < -0.4 is 31.7 Å². The van der Waals surface area contributed by atoms with Crippen LogP contribution in [0.15, 0.2) is 18.2 Å². The predicted molar refractivity (Wildman–Crippen MR) is 236 cm³/mol. The minimum absolute atomic E-state index is 0. The number of Topliss-reactive ketones (excluding diaryl/α,β-unsaturated/α-hetero) is 1. The van der Waals surface area contributed by atoms with Gasteiger partial charge in [0.1, 0.15) is 47.1 Å². The molecule has 2 aromatic carbocycles. The van der Waals surface area contributed by atoms with Crippen LogP contribution in [0.2, 0.25) is 0 Å². The molecule has 0 spiro atoms. The van der Waals surface area contributed by atoms with Crippen molar-refractivity contribution >= 4 is 53.4 Å². The summed E-state index contributed by atoms with van der Waals surface area (Å²) in [6.45, 7) is 12.9. The first-order chi connectivity index (χ1) is 29.9. The Kier molecular flexibility index (Phi) is 16.9. The zero-order valence-corrected chi connectivity index (χ0v) is 38.8. The van der Waals surface area contributed by atoms with Crippen molar-refractivity contribution in [3.05, 3.63) is 51.6 Å². The molecule has 19 nitrogen and oxygen atoms in total. The molecule has 1 saturated heterocycles. The maximum atomic E-state index is 14.0. The molecule has 10 N–H and O–H groups in total. The summed E-state index contributed by atoms with van der Waals surface area (Å²) < 4.78 is 17.7. The molecule has 1 fully saturated rings. The van der Waals surface area contributed by atoms with Crippen LogP contribution in [0.1, 0.15) is 130 Å². The number of nitrogens with two attached hydrogens (primary N) is 1. The summed E-state index contributed by atoms with van der Waals surface area (Å²) in [5, 5.41) is 57.1. The van der Waals surface area contributed by atoms with E-state index in [0.717, 1.165) is 6.92 Å². The number of hydrogen-bond donors (Lipinski definition) is 9. The van der Waals surface area contributed by atoms with Gasteiger partial charge in [0.25, 0.3) is 0 Å². The minimum Gasteiger partial charge on any atom is -0.507 e. The molecule has 1 aliphatic heterocycles. The number of halogens is 1. The quantitative estimate of drug-likeness (QED) is 0.0921. The van der Waals surface area contributed by atoms with E-state index in [9.17, 15) is 54.0 Å². The summed E-state index contributed by atoms with van der Waals surface area (Å²) in [6.07, 6.45) is -5.89. The van der Waals surface area contributed by atoms with E-state index >= 15 is 0 Å². The average Bonchev–Trinajstić information content (AvgIpc) is 3.21. The van der Waals surface area contributed by atoms with Gasteiger partial charge in [0.2, 0.25) is 29.4 Å². The molecule has 3 aliphatic rings. The van der Waals surface area contributed by atoms with Crippen molar-refractivity contribution in [3.63, 3.8) is 0 Å². The van der Waals surface area contributed by atoms with Gasteiger partial charge in [-0.3, -0.25) is 33.6 Å². The summed E-state index contributed by atoms with van der Waals surface area (Å²) >= 11 is 0. The maximum absolute atomic E-state index is 14.0. The van der Waals surface area contributed by atoms with Crippen molar-refractivity contribution in [1.29, 1.82) is 0 Å². The normalized spacial score (nSPS) is 24.2. The fourth-order valence-corrected chi connectivity index (χ4v) is 8.44. The van der Waals surface area contributed by atoms with Crippen molar-refractivity contribution in [2.24, 2.45) is 17.6 Å². The van der Waals surface area contributed by atoms with Gasteiger partial charge in [0.15, 0.2) is 17.9 Å². The molecule has 0 saturated carbocycles. The minimum atomic E-state index is -2.17. The van der Waals surface area contributed by atoms with E-state index in [0.29, 0.717) is 0 Å². The number of nitrogens with one attached hydrogen (secondary N) is 4. The van der Waals surface area contributed by atoms with Crippen molar-refractivity contribution in [2.75, 3.05) is 7.11 Å². The first-order valence-electron chi connectivity index (χ1n) is 21.5. The third-order valence-electron chi connectivity index (χ3n) is 11.9. The smallest absolute Gasteiger partial charge is 0.243 e. The molecule has 0 radical (unpaired) electrons. The number of amides is 4. The predicted octanol–water partition coefficient (Wildman–Crippen LogP) is 1.52. The van der Waals surface area contributed by atoms with Crippen LogP contribution in [0.3, 0.4) is 0 Å². The third-order valence-corrected chi connectivity index (χ3v) is 11.9. The van der Waals surface area contributed by atoms with Crippen molar-refractivity contribution < 1.29 is 68.2 Å². The first kappa shape index (κ1) is 52.4. The average molecular weight is 932 g/mol. The van der Waals surface area contributed by atoms with E-state index in [-0.39, 0.29) is 71.5 Å². The number of methoxy groups -OCH3 is 1. The van der Waals surface area contributed by atoms with Gasteiger partial charge in [0.05, 0.1) is 48.1 Å². The second-order valence-electron chi connectivity index (χ2n) is 18.0. The van der Waals surface area contributed by atoms with Crippen LogP contribution in [0.25, 0.3) is 0 Å². The third kappa shape index (κ3) is 11.1. The Morgan fingerprint density at radius 2 is 1.45 bits per heavy atom. The number of fused-ring (bicyclic) bond motifs is 3. The second-order valence-corrected chi connectivity index (χ2v) is 18.0. The summed E-state index contributed by atoms with van der Waals surface area (Å²) in [7, 11) is 1.31. The van der Waals surface area contributed by atoms with Gasteiger partial charge in [0, 0.05) is 36.0 Å². The van der Waals surface area contributed by atoms with Gasteiger partial charge < -0.3 is 61.6 Å². The van der Waals surface area contributed by atoms with Crippen LogP contribution in [0.4, 0.5) is 0 Å². The fraction of sp³-hybridized carbons (Fsp3) is 0.578. The van der Waals surface area contributed by atoms with Crippen LogP contribution in [0, 0.1) is 11.8 Å². The molecule has 2 aliphatic carbocycles. The van der Waals surface area contributed by atoms with Gasteiger partial charge in [-0.2, -0.15) is 0 Å². The summed E-state index contributed by atoms with van der Waals surface area (Å²) in [6, 6.07) is -0.868. The fourth-order valence-electron chi connectivity index (χ4n) is 8.44. The van der Waals surface area contributed by atoms with E-state index in [1.54, 1.807) is 0 Å². The molecule has 0 aromatic heterocycles. The molecule has 20 heteroatoms.